The van der Waals surface area contributed by atoms with Gasteiger partial charge in [0.15, 0.2) is 11.5 Å². The minimum atomic E-state index is -0.311. The third-order valence-corrected chi connectivity index (χ3v) is 1.86. The second kappa shape index (κ2) is 3.14. The molecule has 1 unspecified atom stereocenters. The minimum absolute atomic E-state index is 0.300. The molecule has 0 aliphatic carbocycles. The highest BCUT2D eigenvalue weighted by Gasteiger charge is 2.22. The summed E-state index contributed by atoms with van der Waals surface area (Å²) >= 11 is 0. The van der Waals surface area contributed by atoms with Crippen LogP contribution < -0.4 is 15.2 Å². The number of hydrogen-bond acceptors (Lipinski definition) is 3. The molecule has 4 heteroatoms. The third kappa shape index (κ3) is 1.53. The molecule has 1 aromatic carbocycles. The van der Waals surface area contributed by atoms with E-state index in [4.69, 9.17) is 20.9 Å². The van der Waals surface area contributed by atoms with Gasteiger partial charge >= 0.3 is 0 Å². The van der Waals surface area contributed by atoms with Gasteiger partial charge in [-0.15, -0.1) is 6.54 Å². The van der Waals surface area contributed by atoms with Crippen molar-refractivity contribution in [2.75, 3.05) is 12.3 Å². The number of fused-ring (bicyclic) bond motifs is 1. The van der Waals surface area contributed by atoms with Gasteiger partial charge in [-0.3, -0.25) is 0 Å². The minimum Gasteiger partial charge on any atom is -0.677 e. The van der Waals surface area contributed by atoms with E-state index in [0.29, 0.717) is 30.2 Å². The van der Waals surface area contributed by atoms with Crippen LogP contribution in [0.15, 0.2) is 18.2 Å². The van der Waals surface area contributed by atoms with Gasteiger partial charge < -0.3 is 20.9 Å². The Balaban J connectivity index is 2.16. The van der Waals surface area contributed by atoms with Crippen LogP contribution in [-0.4, -0.2) is 12.8 Å². The van der Waals surface area contributed by atoms with Crippen molar-refractivity contribution >= 4 is 5.69 Å². The van der Waals surface area contributed by atoms with Crippen molar-refractivity contribution < 1.29 is 9.47 Å². The van der Waals surface area contributed by atoms with Crippen molar-refractivity contribution in [2.24, 2.45) is 0 Å². The molecule has 0 saturated carbocycles. The number of anilines is 1. The van der Waals surface area contributed by atoms with Crippen molar-refractivity contribution in [1.29, 1.82) is 0 Å². The molecular weight excluding hydrogens is 168 g/mol. The summed E-state index contributed by atoms with van der Waals surface area (Å²) in [6, 6.07) is 5.29. The Bertz CT molecular complexity index is 314. The monoisotopic (exact) mass is 179 g/mol. The molecule has 0 spiro atoms. The van der Waals surface area contributed by atoms with Crippen LogP contribution in [0, 0.1) is 0 Å². The lowest BCUT2D eigenvalue weighted by atomic mass is 10.3. The number of rotatable bonds is 2. The molecule has 70 valence electrons. The zero-order chi connectivity index (χ0) is 9.26. The molecule has 0 bridgehead atoms. The molecule has 1 aliphatic rings. The highest BCUT2D eigenvalue weighted by molar-refractivity contribution is 5.53. The first-order chi connectivity index (χ1) is 6.29. The summed E-state index contributed by atoms with van der Waals surface area (Å²) in [6.07, 6.45) is 0.267. The average molecular weight is 179 g/mol. The summed E-state index contributed by atoms with van der Waals surface area (Å²) in [5.74, 6) is 1.39. The lowest BCUT2D eigenvalue weighted by molar-refractivity contribution is 0.0460. The topological polar surface area (TPSA) is 68.3 Å². The molecule has 13 heavy (non-hydrogen) atoms. The van der Waals surface area contributed by atoms with Gasteiger partial charge in [0.2, 0.25) is 6.29 Å². The molecule has 1 aromatic rings. The van der Waals surface area contributed by atoms with E-state index in [1.54, 1.807) is 18.2 Å². The van der Waals surface area contributed by atoms with Gasteiger partial charge in [0.1, 0.15) is 0 Å². The average Bonchev–Trinajstić information content (AvgIpc) is 2.46. The molecule has 4 nitrogen and oxygen atoms in total. The Hall–Kier alpha value is -1.42. The highest BCUT2D eigenvalue weighted by Crippen LogP contribution is 2.36. The van der Waals surface area contributed by atoms with Crippen LogP contribution in [0.3, 0.4) is 0 Å². The zero-order valence-corrected chi connectivity index (χ0v) is 7.12. The first kappa shape index (κ1) is 8.19. The summed E-state index contributed by atoms with van der Waals surface area (Å²) in [7, 11) is 0. The Morgan fingerprint density at radius 3 is 2.85 bits per heavy atom. The molecule has 1 atom stereocenters. The maximum absolute atomic E-state index is 7.03. The Morgan fingerprint density at radius 2 is 2.08 bits per heavy atom. The predicted octanol–water partition coefficient (Wildman–Crippen LogP) is 1.81. The lowest BCUT2D eigenvalue weighted by Crippen LogP contribution is -2.18. The summed E-state index contributed by atoms with van der Waals surface area (Å²) < 4.78 is 10.8. The van der Waals surface area contributed by atoms with Crippen LogP contribution in [0.5, 0.6) is 11.5 Å². The van der Waals surface area contributed by atoms with Crippen molar-refractivity contribution in [3.63, 3.8) is 0 Å². The van der Waals surface area contributed by atoms with E-state index in [0.717, 1.165) is 0 Å². The largest absolute Gasteiger partial charge is 0.677 e. The Kier molecular flexibility index (Phi) is 1.98. The number of nitrogen functional groups attached to an aromatic ring is 1. The molecule has 1 aliphatic heterocycles. The van der Waals surface area contributed by atoms with Crippen molar-refractivity contribution in [3.05, 3.63) is 23.9 Å². The quantitative estimate of drug-likeness (QED) is 0.704. The van der Waals surface area contributed by atoms with Crippen molar-refractivity contribution in [2.45, 2.75) is 12.7 Å². The van der Waals surface area contributed by atoms with Gasteiger partial charge in [0, 0.05) is 18.2 Å². The smallest absolute Gasteiger partial charge is 0.239 e. The normalized spacial score (nSPS) is 19.0. The van der Waals surface area contributed by atoms with E-state index in [1.807, 2.05) is 0 Å². The molecule has 1 heterocycles. The maximum Gasteiger partial charge on any atom is 0.239 e. The highest BCUT2D eigenvalue weighted by atomic mass is 16.7. The molecule has 0 saturated heterocycles. The number of ether oxygens (including phenoxy) is 2. The summed E-state index contributed by atoms with van der Waals surface area (Å²) in [5, 5.41) is 0. The Morgan fingerprint density at radius 1 is 1.31 bits per heavy atom. The van der Waals surface area contributed by atoms with Crippen LogP contribution in [0.1, 0.15) is 6.42 Å². The Labute approximate surface area is 76.4 Å². The van der Waals surface area contributed by atoms with Gasteiger partial charge in [0.25, 0.3) is 0 Å². The van der Waals surface area contributed by atoms with Crippen LogP contribution in [0.4, 0.5) is 5.69 Å². The second-order valence-corrected chi connectivity index (χ2v) is 2.91. The molecule has 2 rings (SSSR count). The summed E-state index contributed by atoms with van der Waals surface area (Å²) in [6.45, 7) is 0.300. The van der Waals surface area contributed by atoms with E-state index in [1.165, 1.54) is 0 Å². The SMILES string of the molecule is [NH-]CCC1Oc2ccc(N)cc2O1. The van der Waals surface area contributed by atoms with E-state index in [9.17, 15) is 0 Å². The molecule has 0 amide bonds. The predicted molar refractivity (Wildman–Crippen MR) is 49.7 cm³/mol. The van der Waals surface area contributed by atoms with Crippen LogP contribution in [-0.2, 0) is 0 Å². The number of nitrogens with two attached hydrogens (primary N) is 1. The molecule has 3 N–H and O–H groups in total. The van der Waals surface area contributed by atoms with Crippen LogP contribution >= 0.6 is 0 Å². The van der Waals surface area contributed by atoms with Gasteiger partial charge in [-0.05, 0) is 12.1 Å². The maximum atomic E-state index is 7.03. The lowest BCUT2D eigenvalue weighted by Gasteiger charge is -2.10. The molecule has 0 aromatic heterocycles. The zero-order valence-electron chi connectivity index (χ0n) is 7.12. The summed E-state index contributed by atoms with van der Waals surface area (Å²) in [5.41, 5.74) is 13.3. The standard InChI is InChI=1S/C9H11N2O2/c10-4-3-9-12-7-2-1-6(11)5-8(7)13-9/h1-2,5,9-10H,3-4,11H2/q-1. The van der Waals surface area contributed by atoms with E-state index < -0.39 is 0 Å². The van der Waals surface area contributed by atoms with Gasteiger partial charge in [0.05, 0.1) is 0 Å². The van der Waals surface area contributed by atoms with Gasteiger partial charge in [-0.1, -0.05) is 0 Å². The third-order valence-electron chi connectivity index (χ3n) is 1.86. The second-order valence-electron chi connectivity index (χ2n) is 2.91. The van der Waals surface area contributed by atoms with E-state index >= 15 is 0 Å². The number of benzene rings is 1. The molecule has 0 fully saturated rings. The van der Waals surface area contributed by atoms with E-state index in [2.05, 4.69) is 0 Å². The summed E-state index contributed by atoms with van der Waals surface area (Å²) in [4.78, 5) is 0. The van der Waals surface area contributed by atoms with E-state index in [-0.39, 0.29) is 6.29 Å². The molecule has 0 radical (unpaired) electrons. The van der Waals surface area contributed by atoms with Gasteiger partial charge in [-0.2, -0.15) is 0 Å². The fourth-order valence-electron chi connectivity index (χ4n) is 1.26. The number of nitrogens with one attached hydrogen (secondary N) is 1. The van der Waals surface area contributed by atoms with Crippen molar-refractivity contribution in [3.8, 4) is 11.5 Å². The van der Waals surface area contributed by atoms with Gasteiger partial charge in [-0.25, -0.2) is 0 Å². The fraction of sp³-hybridized carbons (Fsp3) is 0.333. The molecular formula is C9H11N2O2-. The first-order valence-electron chi connectivity index (χ1n) is 4.17. The number of hydrogen-bond donors (Lipinski definition) is 1. The van der Waals surface area contributed by atoms with Crippen molar-refractivity contribution in [1.82, 2.24) is 0 Å². The van der Waals surface area contributed by atoms with Crippen LogP contribution in [0.25, 0.3) is 5.73 Å². The van der Waals surface area contributed by atoms with Crippen LogP contribution in [0.2, 0.25) is 0 Å². The fourth-order valence-corrected chi connectivity index (χ4v) is 1.26. The first-order valence-corrected chi connectivity index (χ1v) is 4.17.